The van der Waals surface area contributed by atoms with E-state index < -0.39 is 4.92 Å². The summed E-state index contributed by atoms with van der Waals surface area (Å²) in [5.41, 5.74) is 2.64. The van der Waals surface area contributed by atoms with Crippen LogP contribution in [0.5, 0.6) is 0 Å². The van der Waals surface area contributed by atoms with E-state index in [2.05, 4.69) is 46.3 Å². The third-order valence-corrected chi connectivity index (χ3v) is 6.85. The number of non-ortho nitro benzene ring substituents is 1. The van der Waals surface area contributed by atoms with E-state index in [9.17, 15) is 14.9 Å². The number of hydrogen-bond acceptors (Lipinski definition) is 6. The van der Waals surface area contributed by atoms with Crippen LogP contribution in [0.2, 0.25) is 0 Å². The molecular formula is C24H32N4O3S. The Morgan fingerprint density at radius 3 is 2.44 bits per heavy atom. The van der Waals surface area contributed by atoms with E-state index in [4.69, 9.17) is 0 Å². The largest absolute Gasteiger partial charge is 0.369 e. The zero-order valence-corrected chi connectivity index (χ0v) is 19.8. The molecule has 32 heavy (non-hydrogen) atoms. The van der Waals surface area contributed by atoms with Crippen LogP contribution < -0.4 is 10.2 Å². The molecule has 2 unspecified atom stereocenters. The number of anilines is 1. The number of hydrogen-bond donors (Lipinski definition) is 1. The quantitative estimate of drug-likeness (QED) is 0.348. The predicted molar refractivity (Wildman–Crippen MR) is 130 cm³/mol. The molecule has 1 aliphatic heterocycles. The van der Waals surface area contributed by atoms with Crippen molar-refractivity contribution in [3.05, 3.63) is 64.2 Å². The lowest BCUT2D eigenvalue weighted by atomic mass is 10.1. The van der Waals surface area contributed by atoms with Crippen LogP contribution in [0, 0.1) is 17.0 Å². The second-order valence-corrected chi connectivity index (χ2v) is 9.79. The number of carbonyl (C=O) groups excluding carboxylic acids is 1. The van der Waals surface area contributed by atoms with Gasteiger partial charge in [-0.1, -0.05) is 12.1 Å². The lowest BCUT2D eigenvalue weighted by Gasteiger charge is -2.36. The summed E-state index contributed by atoms with van der Waals surface area (Å²) in [6, 6.07) is 15.1. The van der Waals surface area contributed by atoms with Crippen LogP contribution >= 0.6 is 11.8 Å². The Labute approximate surface area is 194 Å². The Morgan fingerprint density at radius 2 is 1.81 bits per heavy atom. The highest BCUT2D eigenvalue weighted by molar-refractivity contribution is 8.00. The molecule has 2 atom stereocenters. The number of nitrogens with one attached hydrogen (secondary N) is 1. The Bertz CT molecular complexity index is 914. The number of nitro groups is 1. The molecule has 1 heterocycles. The highest BCUT2D eigenvalue weighted by Crippen LogP contribution is 2.25. The summed E-state index contributed by atoms with van der Waals surface area (Å²) in [5, 5.41) is 13.6. The van der Waals surface area contributed by atoms with Crippen molar-refractivity contribution in [2.75, 3.05) is 37.6 Å². The van der Waals surface area contributed by atoms with Crippen LogP contribution in [-0.2, 0) is 4.79 Å². The predicted octanol–water partition coefficient (Wildman–Crippen LogP) is 4.10. The van der Waals surface area contributed by atoms with Gasteiger partial charge in [0.2, 0.25) is 5.91 Å². The van der Waals surface area contributed by atoms with Crippen LogP contribution in [0.3, 0.4) is 0 Å². The lowest BCUT2D eigenvalue weighted by molar-refractivity contribution is -0.384. The van der Waals surface area contributed by atoms with Gasteiger partial charge in [-0.3, -0.25) is 19.8 Å². The van der Waals surface area contributed by atoms with Crippen LogP contribution in [-0.4, -0.2) is 59.7 Å². The fraction of sp³-hybridized carbons (Fsp3) is 0.458. The van der Waals surface area contributed by atoms with Crippen molar-refractivity contribution in [3.8, 4) is 0 Å². The Kier molecular flexibility index (Phi) is 8.53. The van der Waals surface area contributed by atoms with Gasteiger partial charge in [0.1, 0.15) is 0 Å². The molecule has 2 aromatic carbocycles. The van der Waals surface area contributed by atoms with Gasteiger partial charge in [0, 0.05) is 61.5 Å². The second-order valence-electron chi connectivity index (χ2n) is 8.38. The number of nitro benzene ring substituents is 1. The van der Waals surface area contributed by atoms with E-state index in [1.165, 1.54) is 35.1 Å². The maximum absolute atomic E-state index is 12.6. The molecular weight excluding hydrogens is 424 g/mol. The van der Waals surface area contributed by atoms with Gasteiger partial charge in [0.25, 0.3) is 5.69 Å². The first kappa shape index (κ1) is 24.1. The van der Waals surface area contributed by atoms with E-state index in [-0.39, 0.29) is 22.9 Å². The molecule has 0 spiro atoms. The number of aryl methyl sites for hydroxylation is 1. The zero-order chi connectivity index (χ0) is 23.1. The van der Waals surface area contributed by atoms with Gasteiger partial charge in [-0.05, 0) is 57.0 Å². The first-order valence-corrected chi connectivity index (χ1v) is 12.0. The summed E-state index contributed by atoms with van der Waals surface area (Å²) in [6.45, 7) is 11.1. The molecule has 1 amide bonds. The molecule has 7 nitrogen and oxygen atoms in total. The first-order chi connectivity index (χ1) is 15.3. The van der Waals surface area contributed by atoms with Gasteiger partial charge < -0.3 is 10.2 Å². The third kappa shape index (κ3) is 6.97. The molecule has 8 heteroatoms. The molecule has 0 aliphatic carbocycles. The summed E-state index contributed by atoms with van der Waals surface area (Å²) in [7, 11) is 0. The van der Waals surface area contributed by atoms with Crippen LogP contribution in [0.1, 0.15) is 25.8 Å². The number of nitrogens with zero attached hydrogens (tertiary/aromatic N) is 3. The van der Waals surface area contributed by atoms with E-state index >= 15 is 0 Å². The SMILES string of the molecule is Cc1cccc(N2CCN(CCC(C)NC(=O)C(C)Sc3ccc([N+](=O)[O-])cc3)CC2)c1. The summed E-state index contributed by atoms with van der Waals surface area (Å²) in [5.74, 6) is -0.00915. The van der Waals surface area contributed by atoms with Crippen molar-refractivity contribution < 1.29 is 9.72 Å². The summed E-state index contributed by atoms with van der Waals surface area (Å²) in [4.78, 5) is 28.6. The number of carbonyl (C=O) groups is 1. The fourth-order valence-electron chi connectivity index (χ4n) is 3.77. The molecule has 1 aliphatic rings. The molecule has 0 aromatic heterocycles. The fourth-order valence-corrected chi connectivity index (χ4v) is 4.64. The van der Waals surface area contributed by atoms with Crippen molar-refractivity contribution >= 4 is 29.0 Å². The maximum Gasteiger partial charge on any atom is 0.269 e. The monoisotopic (exact) mass is 456 g/mol. The Hall–Kier alpha value is -2.58. The highest BCUT2D eigenvalue weighted by Gasteiger charge is 2.20. The van der Waals surface area contributed by atoms with Crippen molar-refractivity contribution in [1.29, 1.82) is 0 Å². The van der Waals surface area contributed by atoms with Crippen molar-refractivity contribution in [1.82, 2.24) is 10.2 Å². The molecule has 0 saturated carbocycles. The van der Waals surface area contributed by atoms with E-state index in [1.807, 2.05) is 13.8 Å². The van der Waals surface area contributed by atoms with E-state index in [0.29, 0.717) is 0 Å². The molecule has 2 aromatic rings. The van der Waals surface area contributed by atoms with Gasteiger partial charge in [-0.2, -0.15) is 0 Å². The molecule has 172 valence electrons. The first-order valence-electron chi connectivity index (χ1n) is 11.1. The minimum Gasteiger partial charge on any atom is -0.369 e. The van der Waals surface area contributed by atoms with Gasteiger partial charge in [0.15, 0.2) is 0 Å². The number of benzene rings is 2. The average Bonchev–Trinajstić information content (AvgIpc) is 2.78. The van der Waals surface area contributed by atoms with Crippen molar-refractivity contribution in [2.45, 2.75) is 43.4 Å². The lowest BCUT2D eigenvalue weighted by Crippen LogP contribution is -2.48. The van der Waals surface area contributed by atoms with Crippen molar-refractivity contribution in [3.63, 3.8) is 0 Å². The second kappa shape index (κ2) is 11.3. The molecule has 3 rings (SSSR count). The van der Waals surface area contributed by atoms with E-state index in [1.54, 1.807) is 12.1 Å². The molecule has 1 fully saturated rings. The summed E-state index contributed by atoms with van der Waals surface area (Å²) in [6.07, 6.45) is 0.908. The topological polar surface area (TPSA) is 78.7 Å². The number of rotatable bonds is 9. The van der Waals surface area contributed by atoms with Gasteiger partial charge in [-0.25, -0.2) is 0 Å². The van der Waals surface area contributed by atoms with E-state index in [0.717, 1.165) is 44.0 Å². The highest BCUT2D eigenvalue weighted by atomic mass is 32.2. The normalized spacial score (nSPS) is 16.4. The number of thioether (sulfide) groups is 1. The minimum absolute atomic E-state index is 0.00915. The summed E-state index contributed by atoms with van der Waals surface area (Å²) >= 11 is 1.41. The van der Waals surface area contributed by atoms with Crippen LogP contribution in [0.15, 0.2) is 53.4 Å². The maximum atomic E-state index is 12.6. The number of piperazine rings is 1. The Balaban J connectivity index is 1.37. The molecule has 1 N–H and O–H groups in total. The average molecular weight is 457 g/mol. The Morgan fingerprint density at radius 1 is 1.12 bits per heavy atom. The molecule has 0 radical (unpaired) electrons. The van der Waals surface area contributed by atoms with Gasteiger partial charge in [0.05, 0.1) is 10.2 Å². The number of amides is 1. The zero-order valence-electron chi connectivity index (χ0n) is 19.0. The molecule has 1 saturated heterocycles. The standard InChI is InChI=1S/C24H32N4O3S/c1-18-5-4-6-22(17-18)27-15-13-26(14-16-27)12-11-19(2)25-24(29)20(3)32-23-9-7-21(8-10-23)28(30)31/h4-10,17,19-20H,11-16H2,1-3H3,(H,25,29). The van der Waals surface area contributed by atoms with Crippen molar-refractivity contribution in [2.24, 2.45) is 0 Å². The minimum atomic E-state index is -0.422. The smallest absolute Gasteiger partial charge is 0.269 e. The van der Waals surface area contributed by atoms with Gasteiger partial charge >= 0.3 is 0 Å². The van der Waals surface area contributed by atoms with Crippen LogP contribution in [0.25, 0.3) is 0 Å². The molecule has 0 bridgehead atoms. The summed E-state index contributed by atoms with van der Waals surface area (Å²) < 4.78 is 0. The van der Waals surface area contributed by atoms with Gasteiger partial charge in [-0.15, -0.1) is 11.8 Å². The van der Waals surface area contributed by atoms with Crippen LogP contribution in [0.4, 0.5) is 11.4 Å². The third-order valence-electron chi connectivity index (χ3n) is 5.74.